The third-order valence-corrected chi connectivity index (χ3v) is 2.98. The minimum atomic E-state index is -0.0376. The second-order valence-corrected chi connectivity index (χ2v) is 5.00. The molecule has 2 N–H and O–H groups in total. The van der Waals surface area contributed by atoms with Gasteiger partial charge in [-0.25, -0.2) is 0 Å². The molecule has 4 heteroatoms. The third kappa shape index (κ3) is 3.35. The number of aromatic nitrogens is 2. The molecule has 0 saturated carbocycles. The molecule has 102 valence electrons. The van der Waals surface area contributed by atoms with E-state index < -0.39 is 0 Å². The predicted molar refractivity (Wildman–Crippen MR) is 76.0 cm³/mol. The molecule has 1 heterocycles. The van der Waals surface area contributed by atoms with Crippen LogP contribution in [0, 0.1) is 0 Å². The molecule has 19 heavy (non-hydrogen) atoms. The fourth-order valence-electron chi connectivity index (χ4n) is 1.88. The molecule has 0 aliphatic heterocycles. The summed E-state index contributed by atoms with van der Waals surface area (Å²) < 4.78 is 7.75. The van der Waals surface area contributed by atoms with E-state index in [4.69, 9.17) is 10.5 Å². The van der Waals surface area contributed by atoms with Crippen molar-refractivity contribution in [2.75, 3.05) is 0 Å². The largest absolute Gasteiger partial charge is 0.487 e. The number of nitrogens with zero attached hydrogens (tertiary/aromatic N) is 2. The van der Waals surface area contributed by atoms with Gasteiger partial charge in [-0.05, 0) is 32.9 Å². The first-order valence-corrected chi connectivity index (χ1v) is 6.59. The van der Waals surface area contributed by atoms with Crippen molar-refractivity contribution in [3.8, 4) is 5.75 Å². The van der Waals surface area contributed by atoms with Crippen LogP contribution < -0.4 is 10.5 Å². The van der Waals surface area contributed by atoms with Crippen LogP contribution in [0.25, 0.3) is 0 Å². The lowest BCUT2D eigenvalue weighted by atomic mass is 10.1. The molecule has 2 aromatic rings. The van der Waals surface area contributed by atoms with Crippen LogP contribution in [-0.4, -0.2) is 9.78 Å². The fourth-order valence-corrected chi connectivity index (χ4v) is 1.88. The first-order valence-electron chi connectivity index (χ1n) is 6.59. The maximum absolute atomic E-state index is 5.93. The summed E-state index contributed by atoms with van der Waals surface area (Å²) >= 11 is 0. The smallest absolute Gasteiger partial charge is 0.132 e. The minimum absolute atomic E-state index is 0.0376. The first kappa shape index (κ1) is 13.6. The van der Waals surface area contributed by atoms with Crippen LogP contribution in [0.2, 0.25) is 0 Å². The highest BCUT2D eigenvalue weighted by molar-refractivity contribution is 5.35. The molecule has 0 spiro atoms. The van der Waals surface area contributed by atoms with Crippen molar-refractivity contribution >= 4 is 0 Å². The van der Waals surface area contributed by atoms with Crippen LogP contribution in [0.5, 0.6) is 5.75 Å². The quantitative estimate of drug-likeness (QED) is 0.897. The Kier molecular flexibility index (Phi) is 4.22. The lowest BCUT2D eigenvalue weighted by Gasteiger charge is -2.13. The van der Waals surface area contributed by atoms with Gasteiger partial charge in [-0.2, -0.15) is 5.10 Å². The first-order chi connectivity index (χ1) is 9.08. The zero-order valence-corrected chi connectivity index (χ0v) is 11.7. The number of hydrogen-bond donors (Lipinski definition) is 1. The van der Waals surface area contributed by atoms with Gasteiger partial charge in [0.2, 0.25) is 0 Å². The molecule has 0 saturated heterocycles. The van der Waals surface area contributed by atoms with E-state index in [0.717, 1.165) is 17.0 Å². The molecule has 0 amide bonds. The van der Waals surface area contributed by atoms with Crippen LogP contribution in [0.4, 0.5) is 0 Å². The Bertz CT molecular complexity index is 532. The van der Waals surface area contributed by atoms with Crippen molar-refractivity contribution in [1.82, 2.24) is 9.78 Å². The summed E-state index contributed by atoms with van der Waals surface area (Å²) in [5.41, 5.74) is 7.87. The van der Waals surface area contributed by atoms with Gasteiger partial charge in [-0.3, -0.25) is 4.68 Å². The number of nitrogens with two attached hydrogens (primary N) is 1. The Morgan fingerprint density at radius 2 is 1.95 bits per heavy atom. The molecule has 0 bridgehead atoms. The summed E-state index contributed by atoms with van der Waals surface area (Å²) in [5, 5.41) is 4.46. The highest BCUT2D eigenvalue weighted by Gasteiger charge is 2.08. The van der Waals surface area contributed by atoms with E-state index in [2.05, 4.69) is 18.9 Å². The Morgan fingerprint density at radius 1 is 1.21 bits per heavy atom. The maximum atomic E-state index is 5.93. The third-order valence-electron chi connectivity index (χ3n) is 2.98. The van der Waals surface area contributed by atoms with Gasteiger partial charge >= 0.3 is 0 Å². The van der Waals surface area contributed by atoms with Crippen molar-refractivity contribution in [3.63, 3.8) is 0 Å². The van der Waals surface area contributed by atoms with Crippen molar-refractivity contribution < 1.29 is 4.74 Å². The van der Waals surface area contributed by atoms with Gasteiger partial charge in [-0.15, -0.1) is 0 Å². The van der Waals surface area contributed by atoms with Gasteiger partial charge in [0.1, 0.15) is 12.4 Å². The summed E-state index contributed by atoms with van der Waals surface area (Å²) in [6.45, 7) is 6.62. The van der Waals surface area contributed by atoms with E-state index in [1.165, 1.54) is 0 Å². The minimum Gasteiger partial charge on any atom is -0.487 e. The van der Waals surface area contributed by atoms with E-state index in [0.29, 0.717) is 12.6 Å². The van der Waals surface area contributed by atoms with E-state index in [1.54, 1.807) is 0 Å². The molecule has 0 aliphatic rings. The van der Waals surface area contributed by atoms with Crippen molar-refractivity contribution in [2.24, 2.45) is 5.73 Å². The van der Waals surface area contributed by atoms with Gasteiger partial charge in [0, 0.05) is 23.8 Å². The summed E-state index contributed by atoms with van der Waals surface area (Å²) in [7, 11) is 0. The van der Waals surface area contributed by atoms with Gasteiger partial charge in [0.15, 0.2) is 0 Å². The SMILES string of the molecule is CC(C)n1ccc(COc2ccccc2[C@H](C)N)n1. The fraction of sp³-hybridized carbons (Fsp3) is 0.400. The van der Waals surface area contributed by atoms with Gasteiger partial charge in [-0.1, -0.05) is 18.2 Å². The molecule has 0 radical (unpaired) electrons. The Hall–Kier alpha value is -1.81. The Morgan fingerprint density at radius 3 is 2.58 bits per heavy atom. The molecule has 1 aromatic carbocycles. The zero-order valence-electron chi connectivity index (χ0n) is 11.7. The summed E-state index contributed by atoms with van der Waals surface area (Å²) in [6.07, 6.45) is 1.97. The topological polar surface area (TPSA) is 53.1 Å². The maximum Gasteiger partial charge on any atom is 0.132 e. The van der Waals surface area contributed by atoms with E-state index in [1.807, 2.05) is 48.1 Å². The van der Waals surface area contributed by atoms with Crippen molar-refractivity contribution in [2.45, 2.75) is 39.5 Å². The number of benzene rings is 1. The van der Waals surface area contributed by atoms with Gasteiger partial charge in [0.05, 0.1) is 5.69 Å². The second kappa shape index (κ2) is 5.89. The van der Waals surface area contributed by atoms with Gasteiger partial charge < -0.3 is 10.5 Å². The number of hydrogen-bond acceptors (Lipinski definition) is 3. The average molecular weight is 259 g/mol. The number of ether oxygens (including phenoxy) is 1. The van der Waals surface area contributed by atoms with Crippen LogP contribution in [0.1, 0.15) is 44.1 Å². The monoisotopic (exact) mass is 259 g/mol. The zero-order chi connectivity index (χ0) is 13.8. The molecule has 0 fully saturated rings. The predicted octanol–water partition coefficient (Wildman–Crippen LogP) is 3.06. The summed E-state index contributed by atoms with van der Waals surface area (Å²) in [5.74, 6) is 0.830. The van der Waals surface area contributed by atoms with E-state index in [-0.39, 0.29) is 6.04 Å². The molecule has 0 unspecified atom stereocenters. The molecular weight excluding hydrogens is 238 g/mol. The number of rotatable bonds is 5. The normalized spacial score (nSPS) is 12.7. The lowest BCUT2D eigenvalue weighted by Crippen LogP contribution is -2.08. The molecular formula is C15H21N3O. The standard InChI is InChI=1S/C15H21N3O/c1-11(2)18-9-8-13(17-18)10-19-15-7-5-4-6-14(15)12(3)16/h4-9,11-12H,10,16H2,1-3H3/t12-/m0/s1. The van der Waals surface area contributed by atoms with E-state index in [9.17, 15) is 0 Å². The summed E-state index contributed by atoms with van der Waals surface area (Å²) in [6, 6.07) is 10.2. The molecule has 0 aliphatic carbocycles. The van der Waals surface area contributed by atoms with Crippen LogP contribution in [0.15, 0.2) is 36.5 Å². The lowest BCUT2D eigenvalue weighted by molar-refractivity contribution is 0.294. The summed E-state index contributed by atoms with van der Waals surface area (Å²) in [4.78, 5) is 0. The molecule has 4 nitrogen and oxygen atoms in total. The molecule has 1 atom stereocenters. The highest BCUT2D eigenvalue weighted by Crippen LogP contribution is 2.23. The Balaban J connectivity index is 2.06. The molecule has 1 aromatic heterocycles. The van der Waals surface area contributed by atoms with Crippen LogP contribution in [-0.2, 0) is 6.61 Å². The van der Waals surface area contributed by atoms with Crippen molar-refractivity contribution in [1.29, 1.82) is 0 Å². The Labute approximate surface area is 114 Å². The van der Waals surface area contributed by atoms with Gasteiger partial charge in [0.25, 0.3) is 0 Å². The van der Waals surface area contributed by atoms with E-state index >= 15 is 0 Å². The highest BCUT2D eigenvalue weighted by atomic mass is 16.5. The molecule has 2 rings (SSSR count). The van der Waals surface area contributed by atoms with Crippen LogP contribution in [0.3, 0.4) is 0 Å². The van der Waals surface area contributed by atoms with Crippen LogP contribution >= 0.6 is 0 Å². The average Bonchev–Trinajstić information content (AvgIpc) is 2.85. The number of para-hydroxylation sites is 1. The second-order valence-electron chi connectivity index (χ2n) is 5.00. The van der Waals surface area contributed by atoms with Crippen molar-refractivity contribution in [3.05, 3.63) is 47.8 Å².